The summed E-state index contributed by atoms with van der Waals surface area (Å²) in [5.74, 6) is 1.78. The summed E-state index contributed by atoms with van der Waals surface area (Å²) < 4.78 is 1.86. The Kier molecular flexibility index (Phi) is 2.63. The van der Waals surface area contributed by atoms with Crippen molar-refractivity contribution >= 4 is 23.4 Å². The van der Waals surface area contributed by atoms with E-state index < -0.39 is 0 Å². The summed E-state index contributed by atoms with van der Waals surface area (Å²) in [6, 6.07) is 0. The van der Waals surface area contributed by atoms with E-state index in [4.69, 9.17) is 0 Å². The first-order valence-electron chi connectivity index (χ1n) is 7.21. The van der Waals surface area contributed by atoms with Gasteiger partial charge >= 0.3 is 0 Å². The van der Waals surface area contributed by atoms with E-state index in [9.17, 15) is 4.79 Å². The molecule has 2 fully saturated rings. The molecule has 1 aliphatic carbocycles. The van der Waals surface area contributed by atoms with Crippen LogP contribution in [0.4, 0.5) is 11.9 Å². The molecule has 1 atom stereocenters. The largest absolute Gasteiger partial charge is 0.337 e. The molecule has 7 nitrogen and oxygen atoms in total. The number of Topliss-reactive ketones (excluding diaryl/α,β-unsaturated/α-hetero) is 1. The summed E-state index contributed by atoms with van der Waals surface area (Å²) in [6.45, 7) is 4.69. The maximum Gasteiger partial charge on any atom is 0.250 e. The number of piperazine rings is 1. The van der Waals surface area contributed by atoms with Crippen LogP contribution >= 0.6 is 0 Å². The number of aromatic nitrogens is 3. The van der Waals surface area contributed by atoms with Crippen LogP contribution in [0.15, 0.2) is 4.99 Å². The Labute approximate surface area is 117 Å². The number of fused-ring (bicyclic) bond motifs is 2. The van der Waals surface area contributed by atoms with Gasteiger partial charge in [0.2, 0.25) is 11.9 Å². The number of aliphatic imine (C=N–C) groups is 1. The second-order valence-electron chi connectivity index (χ2n) is 5.84. The van der Waals surface area contributed by atoms with Gasteiger partial charge in [-0.25, -0.2) is 9.67 Å². The molecule has 2 aliphatic heterocycles. The van der Waals surface area contributed by atoms with E-state index in [0.29, 0.717) is 12.4 Å². The molecule has 0 spiro atoms. The molecule has 7 heteroatoms. The maximum atomic E-state index is 11.8. The molecular weight excluding hydrogens is 256 g/mol. The Hall–Kier alpha value is -1.76. The van der Waals surface area contributed by atoms with Crippen molar-refractivity contribution in [3.63, 3.8) is 0 Å². The van der Waals surface area contributed by atoms with Gasteiger partial charge in [0.15, 0.2) is 5.78 Å². The summed E-state index contributed by atoms with van der Waals surface area (Å²) in [5.41, 5.74) is 0.717. The van der Waals surface area contributed by atoms with Crippen molar-refractivity contribution in [1.29, 1.82) is 0 Å². The van der Waals surface area contributed by atoms with E-state index in [1.807, 2.05) is 4.68 Å². The molecule has 1 aromatic rings. The molecule has 3 heterocycles. The van der Waals surface area contributed by atoms with Gasteiger partial charge in [0.25, 0.3) is 0 Å². The van der Waals surface area contributed by atoms with Crippen molar-refractivity contribution in [2.24, 2.45) is 10.9 Å². The average molecular weight is 274 g/mol. The SMILES string of the molecule is CN1CCN(c2nc3n(n2)CC2CCC(=O)C2=N3)CC1. The molecule has 0 bridgehead atoms. The second kappa shape index (κ2) is 4.37. The van der Waals surface area contributed by atoms with E-state index in [1.165, 1.54) is 0 Å². The Morgan fingerprint density at radius 3 is 2.80 bits per heavy atom. The molecule has 4 rings (SSSR count). The Morgan fingerprint density at radius 1 is 1.20 bits per heavy atom. The highest BCUT2D eigenvalue weighted by atomic mass is 16.1. The molecule has 0 amide bonds. The van der Waals surface area contributed by atoms with Gasteiger partial charge in [0, 0.05) is 38.5 Å². The molecular formula is C13H18N6O. The van der Waals surface area contributed by atoms with Crippen LogP contribution in [0.1, 0.15) is 12.8 Å². The van der Waals surface area contributed by atoms with Gasteiger partial charge in [-0.3, -0.25) is 4.79 Å². The van der Waals surface area contributed by atoms with Gasteiger partial charge in [0.1, 0.15) is 0 Å². The quantitative estimate of drug-likeness (QED) is 0.726. The van der Waals surface area contributed by atoms with Crippen LogP contribution in [-0.4, -0.2) is 64.4 Å². The summed E-state index contributed by atoms with van der Waals surface area (Å²) in [5, 5.41) is 4.58. The monoisotopic (exact) mass is 274 g/mol. The third kappa shape index (κ3) is 1.84. The van der Waals surface area contributed by atoms with Gasteiger partial charge in [-0.2, -0.15) is 4.98 Å². The van der Waals surface area contributed by atoms with E-state index in [0.717, 1.165) is 50.8 Å². The van der Waals surface area contributed by atoms with Crippen LogP contribution in [-0.2, 0) is 11.3 Å². The Balaban J connectivity index is 1.61. The highest BCUT2D eigenvalue weighted by Crippen LogP contribution is 2.30. The second-order valence-corrected chi connectivity index (χ2v) is 5.84. The van der Waals surface area contributed by atoms with Crippen LogP contribution < -0.4 is 4.90 Å². The van der Waals surface area contributed by atoms with Crippen LogP contribution in [0.25, 0.3) is 0 Å². The molecule has 1 saturated heterocycles. The summed E-state index contributed by atoms with van der Waals surface area (Å²) >= 11 is 0. The number of hydrogen-bond donors (Lipinski definition) is 0. The minimum atomic E-state index is 0.186. The number of carbonyl (C=O) groups is 1. The zero-order valence-corrected chi connectivity index (χ0v) is 11.6. The van der Waals surface area contributed by atoms with E-state index in [1.54, 1.807) is 0 Å². The maximum absolute atomic E-state index is 11.8. The lowest BCUT2D eigenvalue weighted by Gasteiger charge is -2.31. The predicted molar refractivity (Wildman–Crippen MR) is 74.6 cm³/mol. The lowest BCUT2D eigenvalue weighted by molar-refractivity contribution is -0.112. The molecule has 1 unspecified atom stereocenters. The molecule has 20 heavy (non-hydrogen) atoms. The zero-order chi connectivity index (χ0) is 13.7. The minimum Gasteiger partial charge on any atom is -0.337 e. The molecule has 1 aromatic heterocycles. The topological polar surface area (TPSA) is 66.6 Å². The number of rotatable bonds is 1. The van der Waals surface area contributed by atoms with E-state index in [-0.39, 0.29) is 11.7 Å². The van der Waals surface area contributed by atoms with Crippen LogP contribution in [0.3, 0.4) is 0 Å². The third-order valence-electron chi connectivity index (χ3n) is 4.43. The summed E-state index contributed by atoms with van der Waals surface area (Å²) in [7, 11) is 2.13. The first kappa shape index (κ1) is 12.0. The van der Waals surface area contributed by atoms with Gasteiger partial charge in [0.05, 0.1) is 12.3 Å². The fraction of sp³-hybridized carbons (Fsp3) is 0.692. The van der Waals surface area contributed by atoms with Crippen molar-refractivity contribution in [2.75, 3.05) is 38.1 Å². The van der Waals surface area contributed by atoms with Crippen LogP contribution in [0.2, 0.25) is 0 Å². The number of carbonyl (C=O) groups excluding carboxylic acids is 1. The standard InChI is InChI=1S/C13H18N6O/c1-17-4-6-18(7-5-17)13-15-12-14-11-9(2-3-10(11)20)8-19(12)16-13/h9H,2-8H2,1H3. The fourth-order valence-electron chi connectivity index (χ4n) is 3.11. The van der Waals surface area contributed by atoms with Crippen molar-refractivity contribution in [3.05, 3.63) is 0 Å². The zero-order valence-electron chi connectivity index (χ0n) is 11.6. The van der Waals surface area contributed by atoms with Crippen molar-refractivity contribution in [1.82, 2.24) is 19.7 Å². The first-order chi connectivity index (χ1) is 9.70. The number of anilines is 1. The van der Waals surface area contributed by atoms with Crippen molar-refractivity contribution < 1.29 is 4.79 Å². The molecule has 3 aliphatic rings. The van der Waals surface area contributed by atoms with Crippen molar-refractivity contribution in [2.45, 2.75) is 19.4 Å². The van der Waals surface area contributed by atoms with Crippen molar-refractivity contribution in [3.8, 4) is 0 Å². The highest BCUT2D eigenvalue weighted by Gasteiger charge is 2.35. The van der Waals surface area contributed by atoms with Gasteiger partial charge in [-0.1, -0.05) is 0 Å². The van der Waals surface area contributed by atoms with Gasteiger partial charge in [-0.15, -0.1) is 5.10 Å². The number of ketones is 1. The highest BCUT2D eigenvalue weighted by molar-refractivity contribution is 6.42. The predicted octanol–water partition coefficient (Wildman–Crippen LogP) is 0.0951. The first-order valence-corrected chi connectivity index (χ1v) is 7.21. The minimum absolute atomic E-state index is 0.186. The molecule has 0 N–H and O–H groups in total. The smallest absolute Gasteiger partial charge is 0.250 e. The summed E-state index contributed by atoms with van der Waals surface area (Å²) in [6.07, 6.45) is 1.53. The Bertz CT molecular complexity index is 584. The number of likely N-dealkylation sites (N-methyl/N-ethyl adjacent to an activating group) is 1. The molecule has 106 valence electrons. The molecule has 1 saturated carbocycles. The van der Waals surface area contributed by atoms with Gasteiger partial charge < -0.3 is 9.80 Å². The molecule has 0 aromatic carbocycles. The fourth-order valence-corrected chi connectivity index (χ4v) is 3.11. The number of nitrogens with zero attached hydrogens (tertiary/aromatic N) is 6. The summed E-state index contributed by atoms with van der Waals surface area (Å²) in [4.78, 5) is 25.2. The normalized spacial score (nSPS) is 26.4. The van der Waals surface area contributed by atoms with Gasteiger partial charge in [-0.05, 0) is 13.5 Å². The van der Waals surface area contributed by atoms with E-state index in [2.05, 4.69) is 31.9 Å². The molecule has 0 radical (unpaired) electrons. The third-order valence-corrected chi connectivity index (χ3v) is 4.43. The number of hydrogen-bond acceptors (Lipinski definition) is 6. The Morgan fingerprint density at radius 2 is 2.00 bits per heavy atom. The lowest BCUT2D eigenvalue weighted by atomic mass is 10.1. The average Bonchev–Trinajstić information content (AvgIpc) is 3.01. The van der Waals surface area contributed by atoms with Crippen LogP contribution in [0, 0.1) is 5.92 Å². The lowest BCUT2D eigenvalue weighted by Crippen LogP contribution is -2.45. The van der Waals surface area contributed by atoms with E-state index >= 15 is 0 Å². The van der Waals surface area contributed by atoms with Crippen LogP contribution in [0.5, 0.6) is 0 Å².